The van der Waals surface area contributed by atoms with E-state index in [4.69, 9.17) is 10.2 Å². The molecule has 0 bridgehead atoms. The summed E-state index contributed by atoms with van der Waals surface area (Å²) in [5, 5.41) is 22.6. The molecule has 3 rings (SSSR count). The second-order valence-electron chi connectivity index (χ2n) is 7.58. The second-order valence-corrected chi connectivity index (χ2v) is 8.72. The van der Waals surface area contributed by atoms with E-state index in [9.17, 15) is 9.59 Å². The number of rotatable bonds is 5. The Bertz CT molecular complexity index is 549. The van der Waals surface area contributed by atoms with Crippen LogP contribution in [-0.4, -0.2) is 52.7 Å². The first kappa shape index (κ1) is 22.3. The summed E-state index contributed by atoms with van der Waals surface area (Å²) in [4.78, 5) is 23.1. The molecule has 1 saturated carbocycles. The van der Waals surface area contributed by atoms with Crippen molar-refractivity contribution < 1.29 is 14.7 Å². The highest BCUT2D eigenvalue weighted by Crippen LogP contribution is 2.42. The van der Waals surface area contributed by atoms with E-state index < -0.39 is 5.97 Å². The molecular formula is C18H31ClN4O3S. The van der Waals surface area contributed by atoms with Gasteiger partial charge in [-0.05, 0) is 69.9 Å². The van der Waals surface area contributed by atoms with Crippen LogP contribution in [0.5, 0.6) is 0 Å². The smallest absolute Gasteiger partial charge is 0.338 e. The van der Waals surface area contributed by atoms with E-state index in [0.717, 1.165) is 63.1 Å². The van der Waals surface area contributed by atoms with Crippen LogP contribution in [0.25, 0.3) is 0 Å². The number of carbonyl (C=O) groups excluding carboxylic acids is 1. The fraction of sp³-hybridized carbons (Fsp3) is 0.833. The number of carboxylic acid groups (broad SMARTS) is 1. The number of piperidine rings is 1. The van der Waals surface area contributed by atoms with Gasteiger partial charge in [0.2, 0.25) is 0 Å². The van der Waals surface area contributed by atoms with Crippen molar-refractivity contribution in [1.82, 2.24) is 15.6 Å². The lowest BCUT2D eigenvalue weighted by atomic mass is 9.80. The normalized spacial score (nSPS) is 29.0. The quantitative estimate of drug-likeness (QED) is 0.637. The first-order chi connectivity index (χ1) is 12.6. The zero-order chi connectivity index (χ0) is 18.5. The van der Waals surface area contributed by atoms with Crippen LogP contribution in [0.3, 0.4) is 0 Å². The van der Waals surface area contributed by atoms with Crippen LogP contribution >= 0.6 is 24.2 Å². The molecule has 1 unspecified atom stereocenters. The molecule has 0 aromatic heterocycles. The van der Waals surface area contributed by atoms with Crippen molar-refractivity contribution in [1.29, 1.82) is 0 Å². The van der Waals surface area contributed by atoms with Crippen molar-refractivity contribution in [3.05, 3.63) is 0 Å². The Labute approximate surface area is 171 Å². The molecule has 0 spiro atoms. The minimum absolute atomic E-state index is 0. The van der Waals surface area contributed by atoms with E-state index in [1.54, 1.807) is 23.8 Å². The molecule has 1 atom stereocenters. The summed E-state index contributed by atoms with van der Waals surface area (Å²) < 4.78 is 0. The lowest BCUT2D eigenvalue weighted by molar-refractivity contribution is -0.137. The predicted octanol–water partition coefficient (Wildman–Crippen LogP) is 3.11. The van der Waals surface area contributed by atoms with Gasteiger partial charge in [0.05, 0.1) is 5.04 Å². The number of aliphatic carboxylic acids is 1. The lowest BCUT2D eigenvalue weighted by Gasteiger charge is -2.31. The second kappa shape index (κ2) is 10.5. The number of hydrogen-bond acceptors (Lipinski definition) is 5. The fourth-order valence-corrected chi connectivity index (χ4v) is 5.78. The third-order valence-corrected chi connectivity index (χ3v) is 7.34. The summed E-state index contributed by atoms with van der Waals surface area (Å²) in [6.07, 6.45) is 7.45. The third-order valence-electron chi connectivity index (χ3n) is 5.86. The van der Waals surface area contributed by atoms with Crippen LogP contribution in [0.4, 0.5) is 4.79 Å². The Morgan fingerprint density at radius 2 is 1.89 bits per heavy atom. The first-order valence-corrected chi connectivity index (χ1v) is 10.6. The monoisotopic (exact) mass is 418 g/mol. The zero-order valence-electron chi connectivity index (χ0n) is 15.9. The standard InChI is InChI=1S/C18H30N4O3S.ClH/c1-19-18(25)22-17(14-8-10-20-11-9-14)26-16(21-22)13-5-2-12(3-6-13)4-7-15(23)24;/h12-14,17,20H,2-11H2,1H3,(H,19,25)(H,23,24);1H. The van der Waals surface area contributed by atoms with Gasteiger partial charge < -0.3 is 15.7 Å². The van der Waals surface area contributed by atoms with Crippen molar-refractivity contribution >= 4 is 41.2 Å². The number of thioether (sulfide) groups is 1. The molecule has 154 valence electrons. The first-order valence-electron chi connectivity index (χ1n) is 9.77. The van der Waals surface area contributed by atoms with Gasteiger partial charge in [-0.15, -0.1) is 12.4 Å². The summed E-state index contributed by atoms with van der Waals surface area (Å²) in [7, 11) is 1.66. The predicted molar refractivity (Wildman–Crippen MR) is 110 cm³/mol. The van der Waals surface area contributed by atoms with Crippen molar-refractivity contribution in [2.45, 2.75) is 56.7 Å². The Hall–Kier alpha value is -0.990. The van der Waals surface area contributed by atoms with Gasteiger partial charge in [0.25, 0.3) is 0 Å². The van der Waals surface area contributed by atoms with E-state index in [1.807, 2.05) is 0 Å². The van der Waals surface area contributed by atoms with E-state index in [2.05, 4.69) is 10.6 Å². The number of nitrogens with one attached hydrogen (secondary N) is 2. The summed E-state index contributed by atoms with van der Waals surface area (Å²) >= 11 is 1.79. The maximum atomic E-state index is 12.3. The largest absolute Gasteiger partial charge is 0.481 e. The average Bonchev–Trinajstić information content (AvgIpc) is 3.12. The van der Waals surface area contributed by atoms with Gasteiger partial charge >= 0.3 is 12.0 Å². The van der Waals surface area contributed by atoms with Crippen LogP contribution in [0, 0.1) is 17.8 Å². The van der Waals surface area contributed by atoms with Crippen LogP contribution < -0.4 is 10.6 Å². The lowest BCUT2D eigenvalue weighted by Crippen LogP contribution is -2.44. The Balaban J connectivity index is 0.00000261. The Morgan fingerprint density at radius 1 is 1.22 bits per heavy atom. The van der Waals surface area contributed by atoms with Gasteiger partial charge in [-0.2, -0.15) is 5.10 Å². The molecule has 7 nitrogen and oxygen atoms in total. The SMILES string of the molecule is CNC(=O)N1N=C(C2CCC(CCC(=O)O)CC2)SC1C1CCNCC1.Cl. The molecule has 0 radical (unpaired) electrons. The Morgan fingerprint density at radius 3 is 2.48 bits per heavy atom. The van der Waals surface area contributed by atoms with Crippen LogP contribution in [-0.2, 0) is 4.79 Å². The number of amides is 2. The van der Waals surface area contributed by atoms with Gasteiger partial charge in [0, 0.05) is 19.4 Å². The minimum atomic E-state index is -0.700. The molecule has 1 aliphatic carbocycles. The van der Waals surface area contributed by atoms with Crippen molar-refractivity contribution in [2.75, 3.05) is 20.1 Å². The maximum absolute atomic E-state index is 12.3. The van der Waals surface area contributed by atoms with Crippen molar-refractivity contribution in [3.63, 3.8) is 0 Å². The van der Waals surface area contributed by atoms with Gasteiger partial charge in [0.1, 0.15) is 5.37 Å². The molecule has 27 heavy (non-hydrogen) atoms. The number of hydrazone groups is 1. The molecule has 3 N–H and O–H groups in total. The third kappa shape index (κ3) is 5.74. The summed E-state index contributed by atoms with van der Waals surface area (Å²) in [5.41, 5.74) is 0. The molecule has 9 heteroatoms. The van der Waals surface area contributed by atoms with Gasteiger partial charge in [-0.1, -0.05) is 11.8 Å². The van der Waals surface area contributed by atoms with Gasteiger partial charge in [0.15, 0.2) is 0 Å². The molecule has 0 aromatic carbocycles. The molecule has 3 aliphatic rings. The van der Waals surface area contributed by atoms with E-state index in [1.165, 1.54) is 0 Å². The van der Waals surface area contributed by atoms with Gasteiger partial charge in [-0.25, -0.2) is 9.80 Å². The number of urea groups is 1. The summed E-state index contributed by atoms with van der Waals surface area (Å²) in [6, 6.07) is -0.119. The minimum Gasteiger partial charge on any atom is -0.481 e. The number of nitrogens with zero attached hydrogens (tertiary/aromatic N) is 2. The van der Waals surface area contributed by atoms with Crippen molar-refractivity contribution in [2.24, 2.45) is 22.9 Å². The Kier molecular flexibility index (Phi) is 8.69. The molecule has 2 heterocycles. The zero-order valence-corrected chi connectivity index (χ0v) is 17.5. The molecule has 1 saturated heterocycles. The highest BCUT2D eigenvalue weighted by molar-refractivity contribution is 8.14. The summed E-state index contributed by atoms with van der Waals surface area (Å²) in [5.74, 6) is 0.713. The fourth-order valence-electron chi connectivity index (χ4n) is 4.26. The highest BCUT2D eigenvalue weighted by Gasteiger charge is 2.40. The molecule has 2 amide bonds. The average molecular weight is 419 g/mol. The van der Waals surface area contributed by atoms with E-state index in [-0.39, 0.29) is 30.2 Å². The van der Waals surface area contributed by atoms with Crippen LogP contribution in [0.15, 0.2) is 5.10 Å². The molecule has 2 fully saturated rings. The van der Waals surface area contributed by atoms with Crippen LogP contribution in [0.2, 0.25) is 0 Å². The topological polar surface area (TPSA) is 94.0 Å². The maximum Gasteiger partial charge on any atom is 0.338 e. The number of halogens is 1. The summed E-state index contributed by atoms with van der Waals surface area (Å²) in [6.45, 7) is 2.01. The number of carboxylic acids is 1. The molecule has 0 aromatic rings. The van der Waals surface area contributed by atoms with Crippen LogP contribution in [0.1, 0.15) is 51.4 Å². The highest BCUT2D eigenvalue weighted by atomic mass is 35.5. The number of hydrogen-bond donors (Lipinski definition) is 3. The van der Waals surface area contributed by atoms with Crippen molar-refractivity contribution in [3.8, 4) is 0 Å². The van der Waals surface area contributed by atoms with E-state index >= 15 is 0 Å². The van der Waals surface area contributed by atoms with Gasteiger partial charge in [-0.3, -0.25) is 4.79 Å². The number of carbonyl (C=O) groups is 2. The molecular weight excluding hydrogens is 388 g/mol. The van der Waals surface area contributed by atoms with E-state index in [0.29, 0.717) is 17.8 Å². The molecule has 2 aliphatic heterocycles.